The van der Waals surface area contributed by atoms with Crippen molar-refractivity contribution in [3.8, 4) is 5.75 Å². The van der Waals surface area contributed by atoms with Crippen LogP contribution in [0.2, 0.25) is 0 Å². The summed E-state index contributed by atoms with van der Waals surface area (Å²) in [7, 11) is 1.52. The summed E-state index contributed by atoms with van der Waals surface area (Å²) >= 11 is 0. The number of Topliss-reactive ketones (excluding diaryl/α,β-unsaturated/α-hetero) is 1. The second kappa shape index (κ2) is 9.77. The van der Waals surface area contributed by atoms with E-state index in [1.165, 1.54) is 12.0 Å². The molecule has 0 saturated heterocycles. The van der Waals surface area contributed by atoms with Gasteiger partial charge in [0.25, 0.3) is 5.91 Å². The van der Waals surface area contributed by atoms with E-state index in [9.17, 15) is 14.7 Å². The Balaban J connectivity index is 1.69. The topological polar surface area (TPSA) is 96.4 Å². The van der Waals surface area contributed by atoms with Crippen molar-refractivity contribution in [1.82, 2.24) is 9.80 Å². The standard InChI is InChI=1S/C26H30N2O6/c1-5-27(6-2)13-8-14-28-22(18-12-11-16(3)33-18)21(24(30)26(28)31)23(29)20-15-17-9-7-10-19(32-4)25(17)34-20/h7,9-12,15,22,30H,5-6,8,13-14H2,1-4H3. The average molecular weight is 467 g/mol. The van der Waals surface area contributed by atoms with Crippen LogP contribution in [0.1, 0.15) is 48.4 Å². The first-order valence-electron chi connectivity index (χ1n) is 11.5. The monoisotopic (exact) mass is 466 g/mol. The summed E-state index contributed by atoms with van der Waals surface area (Å²) in [6.45, 7) is 8.96. The molecule has 2 aromatic heterocycles. The van der Waals surface area contributed by atoms with Gasteiger partial charge < -0.3 is 28.5 Å². The summed E-state index contributed by atoms with van der Waals surface area (Å²) < 4.78 is 17.0. The van der Waals surface area contributed by atoms with E-state index < -0.39 is 23.5 Å². The first kappa shape index (κ1) is 23.6. The average Bonchev–Trinajstić information content (AvgIpc) is 3.53. The molecule has 1 atom stereocenters. The van der Waals surface area contributed by atoms with Crippen molar-refractivity contribution in [3.05, 3.63) is 65.0 Å². The molecule has 3 heterocycles. The Kier molecular flexibility index (Phi) is 6.79. The van der Waals surface area contributed by atoms with E-state index >= 15 is 0 Å². The molecule has 4 rings (SSSR count). The molecule has 8 nitrogen and oxygen atoms in total. The molecule has 1 aromatic carbocycles. The van der Waals surface area contributed by atoms with Gasteiger partial charge in [-0.15, -0.1) is 0 Å². The molecule has 1 N–H and O–H groups in total. The van der Waals surface area contributed by atoms with Gasteiger partial charge in [-0.1, -0.05) is 26.0 Å². The molecule has 1 unspecified atom stereocenters. The molecule has 1 aliphatic rings. The van der Waals surface area contributed by atoms with Crippen molar-refractivity contribution < 1.29 is 28.3 Å². The number of aliphatic hydroxyl groups excluding tert-OH is 1. The maximum Gasteiger partial charge on any atom is 0.290 e. The molecule has 1 aliphatic heterocycles. The van der Waals surface area contributed by atoms with Crippen LogP contribution in [-0.4, -0.2) is 59.9 Å². The number of carbonyl (C=O) groups is 2. The molecule has 0 spiro atoms. The third-order valence-electron chi connectivity index (χ3n) is 6.30. The van der Waals surface area contributed by atoms with E-state index in [0.717, 1.165) is 19.6 Å². The van der Waals surface area contributed by atoms with Gasteiger partial charge in [0.05, 0.1) is 12.7 Å². The number of para-hydroxylation sites is 1. The van der Waals surface area contributed by atoms with Crippen LogP contribution >= 0.6 is 0 Å². The zero-order valence-electron chi connectivity index (χ0n) is 20.0. The summed E-state index contributed by atoms with van der Waals surface area (Å²) in [5, 5.41) is 11.5. The fourth-order valence-electron chi connectivity index (χ4n) is 4.46. The number of amides is 1. The van der Waals surface area contributed by atoms with Crippen LogP contribution < -0.4 is 4.74 Å². The van der Waals surface area contributed by atoms with Gasteiger partial charge in [-0.25, -0.2) is 0 Å². The van der Waals surface area contributed by atoms with Gasteiger partial charge in [0, 0.05) is 11.9 Å². The number of fused-ring (bicyclic) bond motifs is 1. The highest BCUT2D eigenvalue weighted by Crippen LogP contribution is 2.40. The van der Waals surface area contributed by atoms with Gasteiger partial charge in [0.15, 0.2) is 22.9 Å². The van der Waals surface area contributed by atoms with Crippen molar-refractivity contribution in [3.63, 3.8) is 0 Å². The largest absolute Gasteiger partial charge is 0.503 e. The third-order valence-corrected chi connectivity index (χ3v) is 6.30. The second-order valence-electron chi connectivity index (χ2n) is 8.31. The Labute approximate surface area is 198 Å². The number of ether oxygens (including phenoxy) is 1. The van der Waals surface area contributed by atoms with Gasteiger partial charge in [-0.05, 0) is 57.2 Å². The highest BCUT2D eigenvalue weighted by molar-refractivity contribution is 6.16. The molecule has 3 aromatic rings. The second-order valence-corrected chi connectivity index (χ2v) is 8.31. The lowest BCUT2D eigenvalue weighted by Crippen LogP contribution is -2.34. The Hall–Kier alpha value is -3.52. The zero-order valence-corrected chi connectivity index (χ0v) is 20.0. The summed E-state index contributed by atoms with van der Waals surface area (Å²) in [5.41, 5.74) is 0.388. The van der Waals surface area contributed by atoms with Crippen molar-refractivity contribution in [2.45, 2.75) is 33.2 Å². The minimum Gasteiger partial charge on any atom is -0.503 e. The first-order chi connectivity index (χ1) is 16.4. The van der Waals surface area contributed by atoms with E-state index in [1.807, 2.05) is 0 Å². The van der Waals surface area contributed by atoms with Crippen LogP contribution in [0.15, 0.2) is 56.6 Å². The number of methoxy groups -OCH3 is 1. The van der Waals surface area contributed by atoms with Crippen LogP contribution in [0.25, 0.3) is 11.0 Å². The molecule has 0 bridgehead atoms. The van der Waals surface area contributed by atoms with Crippen LogP contribution in [0, 0.1) is 6.92 Å². The molecule has 0 radical (unpaired) electrons. The zero-order chi connectivity index (χ0) is 24.4. The van der Waals surface area contributed by atoms with E-state index in [-0.39, 0.29) is 11.3 Å². The Morgan fingerprint density at radius 1 is 1.18 bits per heavy atom. The van der Waals surface area contributed by atoms with E-state index in [0.29, 0.717) is 41.2 Å². The van der Waals surface area contributed by atoms with E-state index in [4.69, 9.17) is 13.6 Å². The predicted molar refractivity (Wildman–Crippen MR) is 127 cm³/mol. The summed E-state index contributed by atoms with van der Waals surface area (Å²) in [6.07, 6.45) is 0.695. The number of carbonyl (C=O) groups excluding carboxylic acids is 2. The first-order valence-corrected chi connectivity index (χ1v) is 11.5. The quantitative estimate of drug-likeness (QED) is 0.434. The predicted octanol–water partition coefficient (Wildman–Crippen LogP) is 4.65. The number of rotatable bonds is 10. The normalized spacial score (nSPS) is 16.3. The third kappa shape index (κ3) is 4.21. The molecule has 34 heavy (non-hydrogen) atoms. The van der Waals surface area contributed by atoms with Crippen LogP contribution in [-0.2, 0) is 4.79 Å². The van der Waals surface area contributed by atoms with Gasteiger partial charge in [-0.3, -0.25) is 9.59 Å². The number of ketones is 1. The summed E-state index contributed by atoms with van der Waals surface area (Å²) in [6, 6.07) is 9.61. The van der Waals surface area contributed by atoms with Crippen molar-refractivity contribution in [2.75, 3.05) is 33.3 Å². The molecule has 180 valence electrons. The highest BCUT2D eigenvalue weighted by atomic mass is 16.5. The van der Waals surface area contributed by atoms with Crippen LogP contribution in [0.5, 0.6) is 5.75 Å². The number of hydrogen-bond acceptors (Lipinski definition) is 7. The van der Waals surface area contributed by atoms with Crippen molar-refractivity contribution in [1.29, 1.82) is 0 Å². The number of hydrogen-bond donors (Lipinski definition) is 1. The molecular formula is C26H30N2O6. The number of aryl methyl sites for hydroxylation is 1. The Bertz CT molecular complexity index is 1230. The lowest BCUT2D eigenvalue weighted by molar-refractivity contribution is -0.129. The van der Waals surface area contributed by atoms with Crippen molar-refractivity contribution >= 4 is 22.7 Å². The molecule has 0 saturated carbocycles. The van der Waals surface area contributed by atoms with Gasteiger partial charge in [-0.2, -0.15) is 0 Å². The smallest absolute Gasteiger partial charge is 0.290 e. The number of aliphatic hydroxyl groups is 1. The van der Waals surface area contributed by atoms with E-state index in [1.54, 1.807) is 43.3 Å². The van der Waals surface area contributed by atoms with Crippen LogP contribution in [0.4, 0.5) is 0 Å². The molecule has 0 fully saturated rings. The lowest BCUT2D eigenvalue weighted by Gasteiger charge is -2.26. The summed E-state index contributed by atoms with van der Waals surface area (Å²) in [4.78, 5) is 30.5. The number of furan rings is 2. The Morgan fingerprint density at radius 2 is 1.94 bits per heavy atom. The maximum atomic E-state index is 13.6. The molecular weight excluding hydrogens is 436 g/mol. The SMILES string of the molecule is CCN(CC)CCCN1C(=O)C(O)=C(C(=O)c2cc3cccc(OC)c3o2)C1c1ccc(C)o1. The summed E-state index contributed by atoms with van der Waals surface area (Å²) in [5.74, 6) is -0.128. The number of benzene rings is 1. The minimum absolute atomic E-state index is 0.0205. The fourth-order valence-corrected chi connectivity index (χ4v) is 4.46. The molecule has 1 amide bonds. The maximum absolute atomic E-state index is 13.6. The Morgan fingerprint density at radius 3 is 2.59 bits per heavy atom. The van der Waals surface area contributed by atoms with E-state index in [2.05, 4.69) is 18.7 Å². The van der Waals surface area contributed by atoms with Gasteiger partial charge in [0.2, 0.25) is 5.78 Å². The highest BCUT2D eigenvalue weighted by Gasteiger charge is 2.45. The lowest BCUT2D eigenvalue weighted by atomic mass is 9.99. The fraction of sp³-hybridized carbons (Fsp3) is 0.385. The number of nitrogens with zero attached hydrogens (tertiary/aromatic N) is 2. The van der Waals surface area contributed by atoms with Crippen LogP contribution in [0.3, 0.4) is 0 Å². The minimum atomic E-state index is -0.833. The van der Waals surface area contributed by atoms with Gasteiger partial charge >= 0.3 is 0 Å². The molecule has 8 heteroatoms. The molecule has 0 aliphatic carbocycles. The van der Waals surface area contributed by atoms with Gasteiger partial charge in [0.1, 0.15) is 17.6 Å². The van der Waals surface area contributed by atoms with Crippen molar-refractivity contribution in [2.24, 2.45) is 0 Å².